The second kappa shape index (κ2) is 5.60. The number of aromatic amines is 1. The van der Waals surface area contributed by atoms with E-state index in [1.54, 1.807) is 6.07 Å². The van der Waals surface area contributed by atoms with Crippen LogP contribution in [0.25, 0.3) is 10.9 Å². The summed E-state index contributed by atoms with van der Waals surface area (Å²) in [5.41, 5.74) is 2.59. The molecular weight excluding hydrogens is 268 g/mol. The van der Waals surface area contributed by atoms with Crippen molar-refractivity contribution >= 4 is 22.8 Å². The predicted molar refractivity (Wildman–Crippen MR) is 81.6 cm³/mol. The van der Waals surface area contributed by atoms with E-state index in [2.05, 4.69) is 37.1 Å². The van der Waals surface area contributed by atoms with E-state index in [1.165, 1.54) is 5.56 Å². The number of hydrogen-bond acceptors (Lipinski definition) is 2. The topological polar surface area (TPSA) is 82.2 Å². The van der Waals surface area contributed by atoms with Crippen LogP contribution < -0.4 is 5.32 Å². The highest BCUT2D eigenvalue weighted by atomic mass is 16.4. The second-order valence-electron chi connectivity index (χ2n) is 6.13. The number of carboxylic acids is 1. The van der Waals surface area contributed by atoms with Gasteiger partial charge in [-0.15, -0.1) is 0 Å². The third-order valence-corrected chi connectivity index (χ3v) is 3.36. The third-order valence-electron chi connectivity index (χ3n) is 3.36. The maximum Gasteiger partial charge on any atom is 0.305 e. The number of nitrogens with one attached hydrogen (secondary N) is 2. The van der Waals surface area contributed by atoms with Crippen molar-refractivity contribution in [3.8, 4) is 0 Å². The van der Waals surface area contributed by atoms with Gasteiger partial charge >= 0.3 is 5.97 Å². The Labute approximate surface area is 123 Å². The fourth-order valence-electron chi connectivity index (χ4n) is 2.09. The highest BCUT2D eigenvalue weighted by molar-refractivity contribution is 5.98. The van der Waals surface area contributed by atoms with Crippen molar-refractivity contribution in [1.29, 1.82) is 0 Å². The molecule has 3 N–H and O–H groups in total. The van der Waals surface area contributed by atoms with Gasteiger partial charge in [0.2, 0.25) is 0 Å². The summed E-state index contributed by atoms with van der Waals surface area (Å²) in [5.74, 6) is -1.22. The molecule has 0 bridgehead atoms. The molecule has 5 heteroatoms. The van der Waals surface area contributed by atoms with Gasteiger partial charge in [-0.1, -0.05) is 32.9 Å². The highest BCUT2D eigenvalue weighted by Gasteiger charge is 2.15. The number of rotatable bonds is 4. The molecule has 0 aliphatic rings. The van der Waals surface area contributed by atoms with E-state index in [-0.39, 0.29) is 24.3 Å². The summed E-state index contributed by atoms with van der Waals surface area (Å²) in [4.78, 5) is 25.5. The molecule has 1 aromatic heterocycles. The number of amides is 1. The molecule has 0 unspecified atom stereocenters. The fourth-order valence-corrected chi connectivity index (χ4v) is 2.09. The van der Waals surface area contributed by atoms with Crippen LogP contribution >= 0.6 is 0 Å². The monoisotopic (exact) mass is 288 g/mol. The van der Waals surface area contributed by atoms with Crippen LogP contribution in [0.2, 0.25) is 0 Å². The number of hydrogen-bond donors (Lipinski definition) is 3. The van der Waals surface area contributed by atoms with Crippen LogP contribution in [0, 0.1) is 0 Å². The summed E-state index contributed by atoms with van der Waals surface area (Å²) in [6.07, 6.45) is -0.0832. The summed E-state index contributed by atoms with van der Waals surface area (Å²) in [5, 5.41) is 12.1. The fraction of sp³-hybridized carbons (Fsp3) is 0.375. The molecule has 0 atom stereocenters. The number of fused-ring (bicyclic) bond motifs is 1. The number of carboxylic acid groups (broad SMARTS) is 1. The Balaban J connectivity index is 2.19. The number of carbonyl (C=O) groups is 2. The molecule has 0 radical (unpaired) electrons. The predicted octanol–water partition coefficient (Wildman–Crippen LogP) is 2.67. The number of benzene rings is 1. The molecule has 0 aliphatic carbocycles. The van der Waals surface area contributed by atoms with Crippen molar-refractivity contribution in [3.63, 3.8) is 0 Å². The van der Waals surface area contributed by atoms with E-state index in [0.29, 0.717) is 5.69 Å². The lowest BCUT2D eigenvalue weighted by Crippen LogP contribution is -2.26. The van der Waals surface area contributed by atoms with E-state index < -0.39 is 5.97 Å². The molecule has 2 aromatic rings. The van der Waals surface area contributed by atoms with Crippen LogP contribution in [-0.2, 0) is 10.2 Å². The Morgan fingerprint density at radius 3 is 2.57 bits per heavy atom. The Morgan fingerprint density at radius 2 is 1.95 bits per heavy atom. The number of aromatic nitrogens is 1. The summed E-state index contributed by atoms with van der Waals surface area (Å²) in [6, 6.07) is 7.87. The van der Waals surface area contributed by atoms with Crippen LogP contribution in [0.15, 0.2) is 24.3 Å². The first-order valence-corrected chi connectivity index (χ1v) is 6.90. The van der Waals surface area contributed by atoms with Gasteiger partial charge in [-0.25, -0.2) is 0 Å². The van der Waals surface area contributed by atoms with Crippen LogP contribution in [0.1, 0.15) is 43.2 Å². The standard InChI is InChI=1S/C16H20N2O3/c1-16(2,3)11-5-4-10-8-13(18-12(10)9-11)15(21)17-7-6-14(19)20/h4-5,8-9,18H,6-7H2,1-3H3,(H,17,21)(H,19,20). The average Bonchev–Trinajstić information content (AvgIpc) is 2.79. The van der Waals surface area contributed by atoms with E-state index in [4.69, 9.17) is 5.11 Å². The zero-order valence-electron chi connectivity index (χ0n) is 12.5. The minimum absolute atomic E-state index is 0.0449. The van der Waals surface area contributed by atoms with Crippen LogP contribution in [0.3, 0.4) is 0 Å². The molecule has 0 fully saturated rings. The molecule has 2 rings (SSSR count). The molecule has 5 nitrogen and oxygen atoms in total. The van der Waals surface area contributed by atoms with Crippen LogP contribution in [-0.4, -0.2) is 28.5 Å². The summed E-state index contributed by atoms with van der Waals surface area (Å²) in [7, 11) is 0. The first kappa shape index (κ1) is 15.1. The smallest absolute Gasteiger partial charge is 0.305 e. The lowest BCUT2D eigenvalue weighted by molar-refractivity contribution is -0.136. The van der Waals surface area contributed by atoms with Gasteiger partial charge in [0.15, 0.2) is 0 Å². The summed E-state index contributed by atoms with van der Waals surface area (Å²) in [6.45, 7) is 6.53. The molecule has 0 spiro atoms. The zero-order chi connectivity index (χ0) is 15.6. The van der Waals surface area contributed by atoms with Gasteiger partial charge in [-0.2, -0.15) is 0 Å². The largest absolute Gasteiger partial charge is 0.481 e. The minimum atomic E-state index is -0.929. The molecule has 21 heavy (non-hydrogen) atoms. The Morgan fingerprint density at radius 1 is 1.24 bits per heavy atom. The number of H-pyrrole nitrogens is 1. The van der Waals surface area contributed by atoms with E-state index in [9.17, 15) is 9.59 Å². The van der Waals surface area contributed by atoms with Gasteiger partial charge in [0.05, 0.1) is 6.42 Å². The van der Waals surface area contributed by atoms with Crippen molar-refractivity contribution in [1.82, 2.24) is 10.3 Å². The average molecular weight is 288 g/mol. The Kier molecular flexibility index (Phi) is 4.02. The van der Waals surface area contributed by atoms with Gasteiger partial charge in [0, 0.05) is 17.4 Å². The van der Waals surface area contributed by atoms with Gasteiger partial charge in [0.1, 0.15) is 5.69 Å². The van der Waals surface area contributed by atoms with Crippen molar-refractivity contribution in [3.05, 3.63) is 35.5 Å². The zero-order valence-corrected chi connectivity index (χ0v) is 12.5. The van der Waals surface area contributed by atoms with Gasteiger partial charge in [-0.3, -0.25) is 9.59 Å². The molecule has 1 heterocycles. The lowest BCUT2D eigenvalue weighted by Gasteiger charge is -2.18. The first-order valence-electron chi connectivity index (χ1n) is 6.90. The molecule has 112 valence electrons. The van der Waals surface area contributed by atoms with Crippen molar-refractivity contribution in [2.45, 2.75) is 32.6 Å². The van der Waals surface area contributed by atoms with Gasteiger partial charge in [0.25, 0.3) is 5.91 Å². The molecule has 0 saturated carbocycles. The molecular formula is C16H20N2O3. The molecule has 0 aliphatic heterocycles. The van der Waals surface area contributed by atoms with Gasteiger partial charge < -0.3 is 15.4 Å². The number of aliphatic carboxylic acids is 1. The Bertz CT molecular complexity index is 680. The van der Waals surface area contributed by atoms with Crippen molar-refractivity contribution in [2.75, 3.05) is 6.54 Å². The molecule has 1 amide bonds. The van der Waals surface area contributed by atoms with Crippen molar-refractivity contribution in [2.24, 2.45) is 0 Å². The van der Waals surface area contributed by atoms with E-state index in [1.807, 2.05) is 12.1 Å². The van der Waals surface area contributed by atoms with Crippen LogP contribution in [0.5, 0.6) is 0 Å². The minimum Gasteiger partial charge on any atom is -0.481 e. The Hall–Kier alpha value is -2.30. The number of carbonyl (C=O) groups excluding carboxylic acids is 1. The third kappa shape index (κ3) is 3.62. The van der Waals surface area contributed by atoms with E-state index in [0.717, 1.165) is 10.9 Å². The quantitative estimate of drug-likeness (QED) is 0.809. The summed E-state index contributed by atoms with van der Waals surface area (Å²) >= 11 is 0. The molecule has 1 aromatic carbocycles. The van der Waals surface area contributed by atoms with Crippen LogP contribution in [0.4, 0.5) is 0 Å². The maximum atomic E-state index is 11.9. The maximum absolute atomic E-state index is 11.9. The molecule has 0 saturated heterocycles. The second-order valence-corrected chi connectivity index (χ2v) is 6.13. The lowest BCUT2D eigenvalue weighted by atomic mass is 9.87. The normalized spacial score (nSPS) is 11.6. The van der Waals surface area contributed by atoms with E-state index >= 15 is 0 Å². The SMILES string of the molecule is CC(C)(C)c1ccc2cc(C(=O)NCCC(=O)O)[nH]c2c1. The van der Waals surface area contributed by atoms with Crippen molar-refractivity contribution < 1.29 is 14.7 Å². The first-order chi connectivity index (χ1) is 9.77. The highest BCUT2D eigenvalue weighted by Crippen LogP contribution is 2.26. The summed E-state index contributed by atoms with van der Waals surface area (Å²) < 4.78 is 0. The van der Waals surface area contributed by atoms with Gasteiger partial charge in [-0.05, 0) is 23.1 Å².